The van der Waals surface area contributed by atoms with Crippen LogP contribution in [0.25, 0.3) is 0 Å². The number of carbonyl (C=O) groups is 2. The van der Waals surface area contributed by atoms with E-state index in [-0.39, 0.29) is 17.2 Å². The predicted octanol–water partition coefficient (Wildman–Crippen LogP) is 2.21. The zero-order valence-corrected chi connectivity index (χ0v) is 12.3. The molecule has 0 aromatic carbocycles. The van der Waals surface area contributed by atoms with Crippen LogP contribution in [0, 0.1) is 11.3 Å². The van der Waals surface area contributed by atoms with Gasteiger partial charge in [0.05, 0.1) is 0 Å². The van der Waals surface area contributed by atoms with Crippen LogP contribution in [0.4, 0.5) is 0 Å². The van der Waals surface area contributed by atoms with Crippen molar-refractivity contribution in [2.75, 3.05) is 13.1 Å². The summed E-state index contributed by atoms with van der Waals surface area (Å²) < 4.78 is 0. The minimum Gasteiger partial charge on any atom is -0.355 e. The Hall–Kier alpha value is -1.32. The van der Waals surface area contributed by atoms with Gasteiger partial charge in [0.2, 0.25) is 11.8 Å². The zero-order valence-electron chi connectivity index (χ0n) is 12.3. The smallest absolute Gasteiger partial charge is 0.226 e. The maximum Gasteiger partial charge on any atom is 0.226 e. The monoisotopic (exact) mass is 276 g/mol. The van der Waals surface area contributed by atoms with Gasteiger partial charge in [-0.3, -0.25) is 9.59 Å². The highest BCUT2D eigenvalue weighted by Crippen LogP contribution is 2.48. The molecule has 4 nitrogen and oxygen atoms in total. The number of nitrogens with zero attached hydrogens (tertiary/aromatic N) is 1. The van der Waals surface area contributed by atoms with Gasteiger partial charge in [-0.05, 0) is 38.0 Å². The van der Waals surface area contributed by atoms with Gasteiger partial charge >= 0.3 is 0 Å². The summed E-state index contributed by atoms with van der Waals surface area (Å²) in [6.07, 6.45) is 8.91. The number of nitrogens with one attached hydrogen (secondary N) is 1. The van der Waals surface area contributed by atoms with E-state index in [4.69, 9.17) is 0 Å². The first-order valence-corrected chi connectivity index (χ1v) is 7.92. The quantitative estimate of drug-likeness (QED) is 0.837. The van der Waals surface area contributed by atoms with Crippen LogP contribution < -0.4 is 5.32 Å². The standard InChI is InChI=1S/C16H24N2O2/c1-2-14(19)17-11-16-8-3-4-13(16)18(10-12-5-6-12)15(20)7-9-16/h4,12H,2-3,5-11H2,1H3,(H,17,19). The van der Waals surface area contributed by atoms with Crippen molar-refractivity contribution in [1.82, 2.24) is 10.2 Å². The molecule has 1 aliphatic heterocycles. The summed E-state index contributed by atoms with van der Waals surface area (Å²) in [6.45, 7) is 3.47. The highest BCUT2D eigenvalue weighted by molar-refractivity contribution is 5.80. The third-order valence-electron chi connectivity index (χ3n) is 5.00. The molecule has 2 amide bonds. The molecule has 1 heterocycles. The normalized spacial score (nSPS) is 29.1. The molecule has 3 aliphatic rings. The first kappa shape index (κ1) is 13.7. The molecule has 0 aromatic heterocycles. The summed E-state index contributed by atoms with van der Waals surface area (Å²) in [6, 6.07) is 0. The SMILES string of the molecule is CCC(=O)NCC12CCC=C1N(CC1CC1)C(=O)CC2. The van der Waals surface area contributed by atoms with Gasteiger partial charge in [-0.25, -0.2) is 0 Å². The summed E-state index contributed by atoms with van der Waals surface area (Å²) in [5.41, 5.74) is 1.23. The molecule has 1 unspecified atom stereocenters. The minimum absolute atomic E-state index is 0.0215. The molecule has 2 fully saturated rings. The van der Waals surface area contributed by atoms with Gasteiger partial charge in [0.1, 0.15) is 0 Å². The van der Waals surface area contributed by atoms with Crippen LogP contribution in [0.5, 0.6) is 0 Å². The van der Waals surface area contributed by atoms with Crippen LogP contribution in [-0.2, 0) is 9.59 Å². The lowest BCUT2D eigenvalue weighted by molar-refractivity contribution is -0.133. The Bertz CT molecular complexity index is 453. The van der Waals surface area contributed by atoms with E-state index in [1.807, 2.05) is 11.8 Å². The van der Waals surface area contributed by atoms with Crippen molar-refractivity contribution in [2.45, 2.75) is 51.9 Å². The molecule has 0 aromatic rings. The first-order valence-electron chi connectivity index (χ1n) is 7.92. The summed E-state index contributed by atoms with van der Waals surface area (Å²) >= 11 is 0. The second-order valence-corrected chi connectivity index (χ2v) is 6.49. The maximum absolute atomic E-state index is 12.2. The van der Waals surface area contributed by atoms with Crippen LogP contribution in [-0.4, -0.2) is 29.8 Å². The van der Waals surface area contributed by atoms with Crippen LogP contribution in [0.1, 0.15) is 51.9 Å². The Morgan fingerprint density at radius 1 is 1.45 bits per heavy atom. The van der Waals surface area contributed by atoms with E-state index in [1.54, 1.807) is 0 Å². The summed E-state index contributed by atoms with van der Waals surface area (Å²) in [5.74, 6) is 1.10. The maximum atomic E-state index is 12.2. The van der Waals surface area contributed by atoms with E-state index in [0.29, 0.717) is 25.3 Å². The molecule has 2 aliphatic carbocycles. The second kappa shape index (κ2) is 5.23. The van der Waals surface area contributed by atoms with Gasteiger partial charge in [-0.1, -0.05) is 13.0 Å². The molecule has 0 radical (unpaired) electrons. The highest BCUT2D eigenvalue weighted by Gasteiger charge is 2.46. The molecule has 1 atom stereocenters. The van der Waals surface area contributed by atoms with Gasteiger partial charge in [0.25, 0.3) is 0 Å². The number of hydrogen-bond donors (Lipinski definition) is 1. The molecule has 1 N–H and O–H groups in total. The number of fused-ring (bicyclic) bond motifs is 1. The summed E-state index contributed by atoms with van der Waals surface area (Å²) in [7, 11) is 0. The number of likely N-dealkylation sites (tertiary alicyclic amines) is 1. The lowest BCUT2D eigenvalue weighted by Gasteiger charge is -2.42. The Morgan fingerprint density at radius 3 is 2.95 bits per heavy atom. The van der Waals surface area contributed by atoms with E-state index in [2.05, 4.69) is 11.4 Å². The van der Waals surface area contributed by atoms with Gasteiger partial charge in [-0.2, -0.15) is 0 Å². The van der Waals surface area contributed by atoms with Gasteiger partial charge < -0.3 is 10.2 Å². The molecule has 20 heavy (non-hydrogen) atoms. The molecule has 3 rings (SSSR count). The molecule has 4 heteroatoms. The third kappa shape index (κ3) is 2.48. The van der Waals surface area contributed by atoms with Gasteiger partial charge in [0, 0.05) is 37.0 Å². The number of allylic oxidation sites excluding steroid dienone is 1. The molecule has 0 spiro atoms. The first-order chi connectivity index (χ1) is 9.64. The minimum atomic E-state index is 0.0215. The highest BCUT2D eigenvalue weighted by atomic mass is 16.2. The van der Waals surface area contributed by atoms with Crippen molar-refractivity contribution < 1.29 is 9.59 Å². The van der Waals surface area contributed by atoms with E-state index in [9.17, 15) is 9.59 Å². The van der Waals surface area contributed by atoms with E-state index in [1.165, 1.54) is 18.5 Å². The topological polar surface area (TPSA) is 49.4 Å². The van der Waals surface area contributed by atoms with E-state index in [0.717, 1.165) is 25.8 Å². The molecule has 1 saturated heterocycles. The van der Waals surface area contributed by atoms with Crippen LogP contribution in [0.3, 0.4) is 0 Å². The third-order valence-corrected chi connectivity index (χ3v) is 5.00. The van der Waals surface area contributed by atoms with Crippen molar-refractivity contribution in [3.8, 4) is 0 Å². The lowest BCUT2D eigenvalue weighted by Crippen LogP contribution is -2.48. The summed E-state index contributed by atoms with van der Waals surface area (Å²) in [5, 5.41) is 3.05. The lowest BCUT2D eigenvalue weighted by atomic mass is 9.76. The van der Waals surface area contributed by atoms with Crippen LogP contribution >= 0.6 is 0 Å². The second-order valence-electron chi connectivity index (χ2n) is 6.49. The number of carbonyl (C=O) groups excluding carboxylic acids is 2. The zero-order chi connectivity index (χ0) is 14.2. The molecule has 0 bridgehead atoms. The van der Waals surface area contributed by atoms with E-state index < -0.39 is 0 Å². The van der Waals surface area contributed by atoms with Gasteiger partial charge in [-0.15, -0.1) is 0 Å². The molecular weight excluding hydrogens is 252 g/mol. The number of amides is 2. The fourth-order valence-corrected chi connectivity index (χ4v) is 3.51. The van der Waals surface area contributed by atoms with Crippen molar-refractivity contribution in [2.24, 2.45) is 11.3 Å². The number of rotatable bonds is 5. The van der Waals surface area contributed by atoms with Crippen LogP contribution in [0.2, 0.25) is 0 Å². The average molecular weight is 276 g/mol. The molecular formula is C16H24N2O2. The predicted molar refractivity (Wildman–Crippen MR) is 76.7 cm³/mol. The van der Waals surface area contributed by atoms with Crippen molar-refractivity contribution in [3.05, 3.63) is 11.8 Å². The fraction of sp³-hybridized carbons (Fsp3) is 0.750. The Labute approximate surface area is 120 Å². The largest absolute Gasteiger partial charge is 0.355 e. The van der Waals surface area contributed by atoms with Gasteiger partial charge in [0.15, 0.2) is 0 Å². The average Bonchev–Trinajstić information content (AvgIpc) is 3.17. The van der Waals surface area contributed by atoms with Crippen molar-refractivity contribution >= 4 is 11.8 Å². The van der Waals surface area contributed by atoms with E-state index >= 15 is 0 Å². The number of piperidine rings is 1. The Morgan fingerprint density at radius 2 is 2.25 bits per heavy atom. The summed E-state index contributed by atoms with van der Waals surface area (Å²) in [4.78, 5) is 25.8. The Kier molecular flexibility index (Phi) is 3.57. The molecule has 110 valence electrons. The van der Waals surface area contributed by atoms with Crippen molar-refractivity contribution in [1.29, 1.82) is 0 Å². The fourth-order valence-electron chi connectivity index (χ4n) is 3.51. The Balaban J connectivity index is 1.74. The molecule has 1 saturated carbocycles. The number of hydrogen-bond acceptors (Lipinski definition) is 2. The van der Waals surface area contributed by atoms with Crippen molar-refractivity contribution in [3.63, 3.8) is 0 Å². The van der Waals surface area contributed by atoms with Crippen LogP contribution in [0.15, 0.2) is 11.8 Å².